The van der Waals surface area contributed by atoms with Crippen molar-refractivity contribution in [3.05, 3.63) is 68.5 Å². The molecular formula is C20H25N2O9P. The second-order valence-corrected chi connectivity index (χ2v) is 9.40. The van der Waals surface area contributed by atoms with E-state index < -0.39 is 43.8 Å². The van der Waals surface area contributed by atoms with Gasteiger partial charge in [-0.25, -0.2) is 9.36 Å². The summed E-state index contributed by atoms with van der Waals surface area (Å²) in [6, 6.07) is 8.14. The molecule has 0 radical (unpaired) electrons. The number of fused-ring (bicyclic) bond motifs is 1. The normalized spacial score (nSPS) is 28.6. The largest absolute Gasteiger partial charge is 0.475 e. The number of aliphatic hydroxyl groups excluding tert-OH is 1. The van der Waals surface area contributed by atoms with E-state index in [1.165, 1.54) is 16.8 Å². The summed E-state index contributed by atoms with van der Waals surface area (Å²) in [5, 5.41) is 10.3. The Morgan fingerprint density at radius 1 is 1.25 bits per heavy atom. The molecule has 2 unspecified atom stereocenters. The van der Waals surface area contributed by atoms with E-state index in [2.05, 4.69) is 4.98 Å². The first-order valence-electron chi connectivity index (χ1n) is 10.2. The molecule has 4 rings (SSSR count). The third kappa shape index (κ3) is 5.10. The fourth-order valence-electron chi connectivity index (χ4n) is 3.60. The summed E-state index contributed by atoms with van der Waals surface area (Å²) in [6.45, 7) is 3.43. The fourth-order valence-corrected chi connectivity index (χ4v) is 4.98. The summed E-state index contributed by atoms with van der Waals surface area (Å²) in [5.41, 5.74) is -0.0569. The maximum atomic E-state index is 13.0. The van der Waals surface area contributed by atoms with Crippen LogP contribution in [0, 0.1) is 0 Å². The molecule has 32 heavy (non-hydrogen) atoms. The van der Waals surface area contributed by atoms with Crippen molar-refractivity contribution in [3.63, 3.8) is 0 Å². The van der Waals surface area contributed by atoms with Gasteiger partial charge in [-0.3, -0.25) is 27.9 Å². The lowest BCUT2D eigenvalue weighted by molar-refractivity contribution is -0.129. The Morgan fingerprint density at radius 3 is 2.78 bits per heavy atom. The van der Waals surface area contributed by atoms with Crippen LogP contribution in [0.4, 0.5) is 0 Å². The first-order valence-corrected chi connectivity index (χ1v) is 11.7. The van der Waals surface area contributed by atoms with Gasteiger partial charge in [-0.1, -0.05) is 24.3 Å². The highest BCUT2D eigenvalue weighted by Crippen LogP contribution is 2.57. The van der Waals surface area contributed by atoms with Crippen molar-refractivity contribution < 1.29 is 32.7 Å². The number of hydrogen-bond acceptors (Lipinski definition) is 9. The van der Waals surface area contributed by atoms with Crippen LogP contribution in [0.25, 0.3) is 0 Å². The Labute approximate surface area is 183 Å². The topological polar surface area (TPSA) is 138 Å². The number of nitrogens with zero attached hydrogens (tertiary/aromatic N) is 1. The van der Waals surface area contributed by atoms with Gasteiger partial charge >= 0.3 is 13.5 Å². The Bertz CT molecular complexity index is 1110. The van der Waals surface area contributed by atoms with Gasteiger partial charge in [0, 0.05) is 24.2 Å². The molecule has 2 fully saturated rings. The number of aromatic nitrogens is 2. The van der Waals surface area contributed by atoms with Gasteiger partial charge < -0.3 is 14.6 Å². The number of H-pyrrole nitrogens is 1. The molecule has 12 heteroatoms. The van der Waals surface area contributed by atoms with E-state index in [0.717, 1.165) is 0 Å². The SMILES string of the molecule is CC(C)OC(O)c1ccccc1COP1(=O)OC[C@H]2O[C@@H](n3ccc(=O)[nH]c3=O)C[C@@H]2O1. The van der Waals surface area contributed by atoms with Crippen molar-refractivity contribution in [1.29, 1.82) is 0 Å². The number of aromatic amines is 1. The van der Waals surface area contributed by atoms with Crippen LogP contribution in [-0.4, -0.2) is 39.6 Å². The van der Waals surface area contributed by atoms with Crippen LogP contribution in [0.3, 0.4) is 0 Å². The molecule has 0 saturated carbocycles. The highest BCUT2D eigenvalue weighted by Gasteiger charge is 2.48. The van der Waals surface area contributed by atoms with E-state index in [9.17, 15) is 19.3 Å². The molecule has 1 aromatic carbocycles. The molecule has 2 saturated heterocycles. The predicted octanol–water partition coefficient (Wildman–Crippen LogP) is 1.98. The third-order valence-corrected chi connectivity index (χ3v) is 6.54. The number of aliphatic hydroxyl groups is 1. The Morgan fingerprint density at radius 2 is 2.03 bits per heavy atom. The van der Waals surface area contributed by atoms with E-state index in [-0.39, 0.29) is 25.7 Å². The number of ether oxygens (including phenoxy) is 2. The van der Waals surface area contributed by atoms with E-state index in [1.807, 2.05) is 0 Å². The molecule has 3 heterocycles. The summed E-state index contributed by atoms with van der Waals surface area (Å²) >= 11 is 0. The zero-order valence-corrected chi connectivity index (χ0v) is 18.5. The second kappa shape index (κ2) is 9.40. The molecule has 5 atom stereocenters. The maximum absolute atomic E-state index is 13.0. The second-order valence-electron chi connectivity index (χ2n) is 7.78. The van der Waals surface area contributed by atoms with Crippen LogP contribution in [0.2, 0.25) is 0 Å². The Balaban J connectivity index is 1.42. The molecular weight excluding hydrogens is 443 g/mol. The van der Waals surface area contributed by atoms with Gasteiger partial charge in [0.15, 0.2) is 6.29 Å². The number of benzene rings is 1. The molecule has 174 valence electrons. The lowest BCUT2D eigenvalue weighted by atomic mass is 10.1. The minimum absolute atomic E-state index is 0.0444. The summed E-state index contributed by atoms with van der Waals surface area (Å²) in [7, 11) is -3.91. The summed E-state index contributed by atoms with van der Waals surface area (Å²) < 4.78 is 41.9. The third-order valence-electron chi connectivity index (χ3n) is 5.10. The first-order chi connectivity index (χ1) is 15.2. The zero-order chi connectivity index (χ0) is 22.9. The quantitative estimate of drug-likeness (QED) is 0.461. The summed E-state index contributed by atoms with van der Waals surface area (Å²) in [5.74, 6) is 0. The summed E-state index contributed by atoms with van der Waals surface area (Å²) in [4.78, 5) is 25.5. The van der Waals surface area contributed by atoms with Crippen molar-refractivity contribution >= 4 is 7.82 Å². The zero-order valence-electron chi connectivity index (χ0n) is 17.6. The van der Waals surface area contributed by atoms with Gasteiger partial charge in [0.2, 0.25) is 0 Å². The Hall–Kier alpha value is -2.11. The van der Waals surface area contributed by atoms with Crippen LogP contribution in [0.15, 0.2) is 46.1 Å². The average Bonchev–Trinajstić information content (AvgIpc) is 3.14. The van der Waals surface area contributed by atoms with Crippen molar-refractivity contribution in [3.8, 4) is 0 Å². The van der Waals surface area contributed by atoms with Crippen LogP contribution < -0.4 is 11.2 Å². The van der Waals surface area contributed by atoms with Crippen LogP contribution in [-0.2, 0) is 34.2 Å². The predicted molar refractivity (Wildman–Crippen MR) is 111 cm³/mol. The van der Waals surface area contributed by atoms with E-state index in [0.29, 0.717) is 11.1 Å². The minimum atomic E-state index is -3.91. The van der Waals surface area contributed by atoms with Crippen LogP contribution >= 0.6 is 7.82 Å². The molecule has 2 aliphatic rings. The monoisotopic (exact) mass is 468 g/mol. The molecule has 2 N–H and O–H groups in total. The molecule has 0 spiro atoms. The lowest BCUT2D eigenvalue weighted by Crippen LogP contribution is -2.33. The van der Waals surface area contributed by atoms with Crippen molar-refractivity contribution in [2.24, 2.45) is 0 Å². The molecule has 0 amide bonds. The Kier molecular flexibility index (Phi) is 6.78. The van der Waals surface area contributed by atoms with E-state index in [1.54, 1.807) is 38.1 Å². The van der Waals surface area contributed by atoms with Crippen molar-refractivity contribution in [2.75, 3.05) is 6.61 Å². The highest BCUT2D eigenvalue weighted by atomic mass is 31.2. The van der Waals surface area contributed by atoms with Gasteiger partial charge in [-0.05, 0) is 19.4 Å². The number of phosphoric acid groups is 1. The minimum Gasteiger partial charge on any atom is -0.364 e. The van der Waals surface area contributed by atoms with Gasteiger partial charge in [0.25, 0.3) is 5.56 Å². The molecule has 11 nitrogen and oxygen atoms in total. The number of hydrogen-bond donors (Lipinski definition) is 2. The molecule has 1 aromatic heterocycles. The van der Waals surface area contributed by atoms with Crippen LogP contribution in [0.1, 0.15) is 43.9 Å². The van der Waals surface area contributed by atoms with Gasteiger partial charge in [0.05, 0.1) is 19.3 Å². The summed E-state index contributed by atoms with van der Waals surface area (Å²) in [6.07, 6.45) is -1.65. The first kappa shape index (κ1) is 23.1. The smallest absolute Gasteiger partial charge is 0.364 e. The molecule has 2 aromatic rings. The van der Waals surface area contributed by atoms with Gasteiger partial charge in [-0.15, -0.1) is 0 Å². The fraction of sp³-hybridized carbons (Fsp3) is 0.500. The van der Waals surface area contributed by atoms with Gasteiger partial charge in [0.1, 0.15) is 18.4 Å². The van der Waals surface area contributed by atoms with Crippen molar-refractivity contribution in [2.45, 2.75) is 57.7 Å². The van der Waals surface area contributed by atoms with Crippen molar-refractivity contribution in [1.82, 2.24) is 9.55 Å². The van der Waals surface area contributed by atoms with E-state index in [4.69, 9.17) is 23.0 Å². The number of nitrogens with one attached hydrogen (secondary N) is 1. The van der Waals surface area contributed by atoms with Gasteiger partial charge in [-0.2, -0.15) is 0 Å². The highest BCUT2D eigenvalue weighted by molar-refractivity contribution is 7.48. The van der Waals surface area contributed by atoms with Crippen LogP contribution in [0.5, 0.6) is 0 Å². The van der Waals surface area contributed by atoms with E-state index >= 15 is 0 Å². The molecule has 0 bridgehead atoms. The lowest BCUT2D eigenvalue weighted by Gasteiger charge is -2.30. The number of phosphoric ester groups is 1. The molecule has 0 aliphatic carbocycles. The number of rotatable bonds is 7. The average molecular weight is 468 g/mol. The molecule has 2 aliphatic heterocycles. The maximum Gasteiger partial charge on any atom is 0.475 e. The standard InChI is InChI=1S/C20H25N2O9P/c1-12(2)29-19(24)14-6-4-3-5-13(14)10-27-32(26)28-11-16-15(31-32)9-18(30-16)22-8-7-17(23)21-20(22)25/h3-8,12,15-16,18-19,24H,9-11H2,1-2H3,(H,21,23,25)/t15-,16+,18+,19?,32?/m0/s1.